The van der Waals surface area contributed by atoms with Crippen molar-refractivity contribution < 1.29 is 13.8 Å². The molecule has 3 aliphatic rings. The highest BCUT2D eigenvalue weighted by molar-refractivity contribution is 7.85. The van der Waals surface area contributed by atoms with Gasteiger partial charge in [-0.15, -0.1) is 0 Å². The van der Waals surface area contributed by atoms with Crippen molar-refractivity contribution in [1.29, 1.82) is 0 Å². The molecule has 0 aromatic heterocycles. The van der Waals surface area contributed by atoms with E-state index in [9.17, 15) is 13.8 Å². The molecule has 2 saturated heterocycles. The summed E-state index contributed by atoms with van der Waals surface area (Å²) in [4.78, 5) is 26.5. The number of nitrogens with one attached hydrogen (secondary N) is 2. The molecule has 6 nitrogen and oxygen atoms in total. The molecular weight excluding hydrogens is 314 g/mol. The number of carbonyl (C=O) groups is 2. The van der Waals surface area contributed by atoms with Crippen LogP contribution in [0.25, 0.3) is 0 Å². The van der Waals surface area contributed by atoms with Gasteiger partial charge in [0.05, 0.1) is 0 Å². The van der Waals surface area contributed by atoms with Crippen molar-refractivity contribution in [2.24, 2.45) is 5.92 Å². The van der Waals surface area contributed by atoms with Crippen molar-refractivity contribution in [3.05, 3.63) is 0 Å². The summed E-state index contributed by atoms with van der Waals surface area (Å²) in [5, 5.41) is 5.89. The number of hydrogen-bond donors (Lipinski definition) is 2. The Balaban J connectivity index is 1.41. The van der Waals surface area contributed by atoms with Gasteiger partial charge < -0.3 is 15.5 Å². The van der Waals surface area contributed by atoms with E-state index >= 15 is 0 Å². The van der Waals surface area contributed by atoms with Crippen LogP contribution < -0.4 is 10.6 Å². The van der Waals surface area contributed by atoms with Crippen LogP contribution in [0.3, 0.4) is 0 Å². The summed E-state index contributed by atoms with van der Waals surface area (Å²) in [5.74, 6) is 1.59. The van der Waals surface area contributed by atoms with E-state index in [0.717, 1.165) is 51.6 Å². The summed E-state index contributed by atoms with van der Waals surface area (Å²) in [6.07, 6.45) is 6.74. The zero-order valence-corrected chi connectivity index (χ0v) is 14.4. The second-order valence-electron chi connectivity index (χ2n) is 7.01. The molecule has 2 heterocycles. The Morgan fingerprint density at radius 3 is 2.39 bits per heavy atom. The fraction of sp³-hybridized carbons (Fsp3) is 0.875. The lowest BCUT2D eigenvalue weighted by atomic mass is 10.0. The first kappa shape index (κ1) is 16.7. The first-order valence-electron chi connectivity index (χ1n) is 8.82. The first-order valence-corrected chi connectivity index (χ1v) is 10.3. The molecule has 2 N–H and O–H groups in total. The van der Waals surface area contributed by atoms with E-state index < -0.39 is 10.8 Å². The Labute approximate surface area is 140 Å². The molecule has 3 amide bonds. The number of carbonyl (C=O) groups excluding carboxylic acids is 2. The Bertz CT molecular complexity index is 479. The number of hydrogen-bond acceptors (Lipinski definition) is 3. The van der Waals surface area contributed by atoms with Gasteiger partial charge in [0, 0.05) is 53.4 Å². The molecule has 1 saturated carbocycles. The van der Waals surface area contributed by atoms with E-state index in [0.29, 0.717) is 11.5 Å². The van der Waals surface area contributed by atoms with E-state index in [2.05, 4.69) is 10.6 Å². The molecule has 0 spiro atoms. The van der Waals surface area contributed by atoms with Gasteiger partial charge in [-0.05, 0) is 44.9 Å². The molecule has 0 aromatic rings. The minimum atomic E-state index is -0.781. The molecule has 0 aromatic carbocycles. The molecule has 4 atom stereocenters. The van der Waals surface area contributed by atoms with Gasteiger partial charge in [-0.25, -0.2) is 4.79 Å². The average Bonchev–Trinajstić information content (AvgIpc) is 3.16. The number of urea groups is 1. The zero-order chi connectivity index (χ0) is 16.2. The van der Waals surface area contributed by atoms with Crippen molar-refractivity contribution >= 4 is 22.7 Å². The Morgan fingerprint density at radius 2 is 1.70 bits per heavy atom. The monoisotopic (exact) mass is 341 g/mol. The third-order valence-electron chi connectivity index (χ3n) is 5.20. The third-order valence-corrected chi connectivity index (χ3v) is 6.67. The van der Waals surface area contributed by atoms with Crippen LogP contribution in [-0.2, 0) is 15.6 Å². The first-order chi connectivity index (χ1) is 11.1. The fourth-order valence-electron chi connectivity index (χ4n) is 3.90. The summed E-state index contributed by atoms with van der Waals surface area (Å²) in [5.41, 5.74) is 0. The smallest absolute Gasteiger partial charge is 0.315 e. The summed E-state index contributed by atoms with van der Waals surface area (Å²) in [7, 11) is -0.781. The van der Waals surface area contributed by atoms with Gasteiger partial charge in [0.15, 0.2) is 0 Å². The molecule has 0 bridgehead atoms. The van der Waals surface area contributed by atoms with E-state index in [4.69, 9.17) is 0 Å². The van der Waals surface area contributed by atoms with Crippen LogP contribution in [0.4, 0.5) is 4.79 Å². The Kier molecular flexibility index (Phi) is 5.56. The lowest BCUT2D eigenvalue weighted by Gasteiger charge is -2.29. The van der Waals surface area contributed by atoms with Gasteiger partial charge >= 0.3 is 6.03 Å². The average molecular weight is 341 g/mol. The van der Waals surface area contributed by atoms with Crippen LogP contribution in [0.5, 0.6) is 0 Å². The van der Waals surface area contributed by atoms with E-state index in [1.165, 1.54) is 6.42 Å². The standard InChI is InChI=1S/C16H27N3O3S/c20-15(19-7-2-1-3-8-19)12-4-5-13(10-12)17-16(21)18-14-6-9-23(22)11-14/h12-14H,1-11H2,(H2,17,18,21)/t12-,13+,14-,23-/m1/s1. The van der Waals surface area contributed by atoms with Crippen molar-refractivity contribution in [3.63, 3.8) is 0 Å². The molecule has 1 aliphatic carbocycles. The maximum absolute atomic E-state index is 12.5. The number of piperidine rings is 1. The molecule has 2 aliphatic heterocycles. The molecule has 23 heavy (non-hydrogen) atoms. The lowest BCUT2D eigenvalue weighted by molar-refractivity contribution is -0.136. The van der Waals surface area contributed by atoms with Crippen LogP contribution in [-0.4, -0.2) is 57.7 Å². The van der Waals surface area contributed by atoms with Gasteiger partial charge in [-0.3, -0.25) is 9.00 Å². The highest BCUT2D eigenvalue weighted by Crippen LogP contribution is 2.28. The van der Waals surface area contributed by atoms with Crippen molar-refractivity contribution in [2.75, 3.05) is 24.6 Å². The highest BCUT2D eigenvalue weighted by Gasteiger charge is 2.34. The molecule has 3 fully saturated rings. The van der Waals surface area contributed by atoms with Gasteiger partial charge in [0.2, 0.25) is 5.91 Å². The Morgan fingerprint density at radius 1 is 0.957 bits per heavy atom. The van der Waals surface area contributed by atoms with Crippen molar-refractivity contribution in [1.82, 2.24) is 15.5 Å². The molecule has 0 radical (unpaired) electrons. The molecular formula is C16H27N3O3S. The normalized spacial score (nSPS) is 34.3. The van der Waals surface area contributed by atoms with E-state index in [1.54, 1.807) is 0 Å². The summed E-state index contributed by atoms with van der Waals surface area (Å²) >= 11 is 0. The molecule has 130 valence electrons. The quantitative estimate of drug-likeness (QED) is 0.803. The zero-order valence-electron chi connectivity index (χ0n) is 13.6. The molecule has 7 heteroatoms. The number of rotatable bonds is 3. The number of nitrogens with zero attached hydrogens (tertiary/aromatic N) is 1. The second-order valence-corrected chi connectivity index (χ2v) is 8.63. The van der Waals surface area contributed by atoms with Crippen molar-refractivity contribution in [2.45, 2.75) is 57.0 Å². The second kappa shape index (κ2) is 7.64. The van der Waals surface area contributed by atoms with Crippen LogP contribution in [0.15, 0.2) is 0 Å². The summed E-state index contributed by atoms with van der Waals surface area (Å²) in [6, 6.07) is -0.0615. The van der Waals surface area contributed by atoms with E-state index in [1.807, 2.05) is 4.90 Å². The maximum Gasteiger partial charge on any atom is 0.315 e. The van der Waals surface area contributed by atoms with Crippen LogP contribution in [0, 0.1) is 5.92 Å². The molecule has 3 rings (SSSR count). The fourth-order valence-corrected chi connectivity index (χ4v) is 5.31. The minimum absolute atomic E-state index is 0.0306. The predicted octanol–water partition coefficient (Wildman–Crippen LogP) is 0.988. The SMILES string of the molecule is O=C(N[C@@H]1CC[S@@](=O)C1)N[C@H]1CC[C@@H](C(=O)N2CCCCC2)C1. The third kappa shape index (κ3) is 4.46. The Hall–Kier alpha value is -1.11. The van der Waals surface area contributed by atoms with Gasteiger partial charge in [0.25, 0.3) is 0 Å². The topological polar surface area (TPSA) is 78.5 Å². The molecule has 0 unspecified atom stereocenters. The lowest BCUT2D eigenvalue weighted by Crippen LogP contribution is -2.46. The maximum atomic E-state index is 12.5. The van der Waals surface area contributed by atoms with Crippen molar-refractivity contribution in [3.8, 4) is 0 Å². The van der Waals surface area contributed by atoms with E-state index in [-0.39, 0.29) is 29.9 Å². The largest absolute Gasteiger partial charge is 0.342 e. The highest BCUT2D eigenvalue weighted by atomic mass is 32.2. The van der Waals surface area contributed by atoms with Crippen LogP contribution in [0.2, 0.25) is 0 Å². The minimum Gasteiger partial charge on any atom is -0.342 e. The van der Waals surface area contributed by atoms with Gasteiger partial charge in [-0.1, -0.05) is 0 Å². The van der Waals surface area contributed by atoms with Crippen LogP contribution >= 0.6 is 0 Å². The van der Waals surface area contributed by atoms with Gasteiger partial charge in [0.1, 0.15) is 0 Å². The summed E-state index contributed by atoms with van der Waals surface area (Å²) in [6.45, 7) is 1.79. The summed E-state index contributed by atoms with van der Waals surface area (Å²) < 4.78 is 11.3. The predicted molar refractivity (Wildman–Crippen MR) is 89.5 cm³/mol. The van der Waals surface area contributed by atoms with Gasteiger partial charge in [-0.2, -0.15) is 0 Å². The number of likely N-dealkylation sites (tertiary alicyclic amines) is 1. The number of amides is 3. The van der Waals surface area contributed by atoms with Crippen LogP contribution in [0.1, 0.15) is 44.9 Å².